The highest BCUT2D eigenvalue weighted by molar-refractivity contribution is 8.00. The van der Waals surface area contributed by atoms with Crippen LogP contribution in [0, 0.1) is 12.8 Å². The van der Waals surface area contributed by atoms with Gasteiger partial charge < -0.3 is 15.4 Å². The van der Waals surface area contributed by atoms with Gasteiger partial charge in [0, 0.05) is 22.7 Å². The molecule has 212 valence electrons. The number of aromatic nitrogens is 2. The molecular formula is C31H38ClN5O2S. The molecule has 40 heavy (non-hydrogen) atoms. The zero-order chi connectivity index (χ0) is 28.4. The smallest absolute Gasteiger partial charge is 0.229 e. The van der Waals surface area contributed by atoms with Crippen LogP contribution in [0.4, 0.5) is 23.1 Å². The van der Waals surface area contributed by atoms with E-state index in [1.54, 1.807) is 11.8 Å². The molecule has 1 aliphatic heterocycles. The van der Waals surface area contributed by atoms with Crippen LogP contribution < -0.4 is 20.4 Å². The fourth-order valence-corrected chi connectivity index (χ4v) is 6.16. The highest BCUT2D eigenvalue weighted by atomic mass is 35.5. The van der Waals surface area contributed by atoms with E-state index in [2.05, 4.69) is 59.6 Å². The average molecular weight is 580 g/mol. The Kier molecular flexibility index (Phi) is 8.90. The van der Waals surface area contributed by atoms with Crippen LogP contribution in [0.5, 0.6) is 5.75 Å². The summed E-state index contributed by atoms with van der Waals surface area (Å²) in [6.45, 7) is 11.3. The number of anilines is 4. The number of ether oxygens (including phenoxy) is 1. The fraction of sp³-hybridized carbons (Fsp3) is 0.419. The van der Waals surface area contributed by atoms with Crippen LogP contribution in [0.2, 0.25) is 5.02 Å². The van der Waals surface area contributed by atoms with E-state index in [0.717, 1.165) is 45.8 Å². The SMILES string of the molecule is Cc1cc(Nc2ncc(Cl)c(N(O)c3ccccc3SC(C)C)n2)c(OC(C)C)cc1C1=CCNC(C2CC2)C1. The standard InChI is InChI=1S/C31H38ClN5O2S/c1-18(2)39-28-16-23(22-12-13-33-25(15-22)21-10-11-21)20(5)14-26(28)35-31-34-17-24(32)30(36-31)37(38)27-8-6-7-9-29(27)40-19(3)4/h6-9,12,14,16-19,21,25,33,38H,10-11,13,15H2,1-5H3,(H,34,35,36). The topological polar surface area (TPSA) is 82.5 Å². The summed E-state index contributed by atoms with van der Waals surface area (Å²) in [5.41, 5.74) is 5.10. The van der Waals surface area contributed by atoms with E-state index in [1.165, 1.54) is 30.2 Å². The van der Waals surface area contributed by atoms with Gasteiger partial charge in [-0.05, 0) is 86.9 Å². The zero-order valence-corrected chi connectivity index (χ0v) is 25.3. The molecule has 3 N–H and O–H groups in total. The van der Waals surface area contributed by atoms with Gasteiger partial charge in [-0.1, -0.05) is 43.7 Å². The maximum Gasteiger partial charge on any atom is 0.229 e. The Bertz CT molecular complexity index is 1390. The molecule has 0 amide bonds. The number of hydrogen-bond acceptors (Lipinski definition) is 8. The van der Waals surface area contributed by atoms with Crippen LogP contribution in [0.15, 0.2) is 53.6 Å². The molecule has 2 heterocycles. The number of aryl methyl sites for hydroxylation is 1. The molecule has 1 fully saturated rings. The van der Waals surface area contributed by atoms with Gasteiger partial charge in [-0.3, -0.25) is 5.21 Å². The van der Waals surface area contributed by atoms with Gasteiger partial charge in [0.1, 0.15) is 10.8 Å². The molecule has 0 bridgehead atoms. The van der Waals surface area contributed by atoms with Crippen molar-refractivity contribution >= 4 is 52.1 Å². The molecule has 1 unspecified atom stereocenters. The first kappa shape index (κ1) is 28.7. The normalized spacial score (nSPS) is 17.2. The lowest BCUT2D eigenvalue weighted by Gasteiger charge is -2.26. The Labute approximate surface area is 246 Å². The van der Waals surface area contributed by atoms with Crippen molar-refractivity contribution in [3.8, 4) is 5.75 Å². The number of nitrogens with one attached hydrogen (secondary N) is 2. The minimum atomic E-state index is -0.0121. The van der Waals surface area contributed by atoms with Gasteiger partial charge in [0.05, 0.1) is 23.7 Å². The van der Waals surface area contributed by atoms with Crippen molar-refractivity contribution in [3.63, 3.8) is 0 Å². The van der Waals surface area contributed by atoms with E-state index in [9.17, 15) is 5.21 Å². The summed E-state index contributed by atoms with van der Waals surface area (Å²) in [5.74, 6) is 2.04. The first-order valence-electron chi connectivity index (χ1n) is 14.0. The second-order valence-electron chi connectivity index (χ2n) is 11.1. The molecule has 2 aromatic carbocycles. The van der Waals surface area contributed by atoms with Crippen LogP contribution >= 0.6 is 23.4 Å². The summed E-state index contributed by atoms with van der Waals surface area (Å²) >= 11 is 8.13. The second kappa shape index (κ2) is 12.4. The molecule has 7 nitrogen and oxygen atoms in total. The largest absolute Gasteiger partial charge is 0.489 e. The number of benzene rings is 2. The maximum atomic E-state index is 11.2. The third kappa shape index (κ3) is 6.74. The first-order chi connectivity index (χ1) is 19.2. The molecule has 1 atom stereocenters. The van der Waals surface area contributed by atoms with Gasteiger partial charge in [0.2, 0.25) is 5.95 Å². The van der Waals surface area contributed by atoms with E-state index in [-0.39, 0.29) is 16.9 Å². The molecule has 0 radical (unpaired) electrons. The fourth-order valence-electron chi connectivity index (χ4n) is 5.05. The molecule has 0 saturated heterocycles. The van der Waals surface area contributed by atoms with Crippen LogP contribution in [0.1, 0.15) is 58.1 Å². The minimum Gasteiger partial charge on any atom is -0.489 e. The Morgan fingerprint density at radius 3 is 2.67 bits per heavy atom. The molecule has 0 spiro atoms. The monoisotopic (exact) mass is 579 g/mol. The predicted molar refractivity (Wildman–Crippen MR) is 166 cm³/mol. The number of rotatable bonds is 10. The molecule has 5 rings (SSSR count). The third-order valence-corrected chi connectivity index (χ3v) is 8.36. The van der Waals surface area contributed by atoms with E-state index in [1.807, 2.05) is 38.1 Å². The van der Waals surface area contributed by atoms with Crippen LogP contribution in [0.25, 0.3) is 5.57 Å². The van der Waals surface area contributed by atoms with Crippen molar-refractivity contribution in [2.45, 2.75) is 76.2 Å². The predicted octanol–water partition coefficient (Wildman–Crippen LogP) is 8.15. The van der Waals surface area contributed by atoms with Crippen molar-refractivity contribution in [3.05, 3.63) is 64.8 Å². The highest BCUT2D eigenvalue weighted by Gasteiger charge is 2.33. The summed E-state index contributed by atoms with van der Waals surface area (Å²) in [7, 11) is 0. The quantitative estimate of drug-likeness (QED) is 0.164. The van der Waals surface area contributed by atoms with Crippen molar-refractivity contribution in [1.82, 2.24) is 15.3 Å². The van der Waals surface area contributed by atoms with E-state index in [0.29, 0.717) is 22.9 Å². The van der Waals surface area contributed by atoms with Crippen molar-refractivity contribution in [2.24, 2.45) is 5.92 Å². The molecule has 3 aromatic rings. The van der Waals surface area contributed by atoms with Crippen molar-refractivity contribution < 1.29 is 9.94 Å². The summed E-state index contributed by atoms with van der Waals surface area (Å²) in [5, 5.41) is 19.8. The molecule has 1 aliphatic carbocycles. The van der Waals surface area contributed by atoms with Crippen LogP contribution in [-0.2, 0) is 0 Å². The lowest BCUT2D eigenvalue weighted by molar-refractivity contribution is 0.243. The number of hydrogen-bond donors (Lipinski definition) is 3. The summed E-state index contributed by atoms with van der Waals surface area (Å²) in [6, 6.07) is 12.4. The Morgan fingerprint density at radius 2 is 1.95 bits per heavy atom. The summed E-state index contributed by atoms with van der Waals surface area (Å²) < 4.78 is 6.26. The zero-order valence-electron chi connectivity index (χ0n) is 23.7. The Morgan fingerprint density at radius 1 is 1.18 bits per heavy atom. The third-order valence-electron chi connectivity index (χ3n) is 7.02. The summed E-state index contributed by atoms with van der Waals surface area (Å²) in [6.07, 6.45) is 7.47. The van der Waals surface area contributed by atoms with E-state index >= 15 is 0 Å². The van der Waals surface area contributed by atoms with Crippen LogP contribution in [0.3, 0.4) is 0 Å². The second-order valence-corrected chi connectivity index (χ2v) is 13.1. The Hall–Kier alpha value is -2.78. The maximum absolute atomic E-state index is 11.2. The van der Waals surface area contributed by atoms with Crippen molar-refractivity contribution in [2.75, 3.05) is 16.9 Å². The van der Waals surface area contributed by atoms with Crippen molar-refractivity contribution in [1.29, 1.82) is 0 Å². The number of thioether (sulfide) groups is 1. The van der Waals surface area contributed by atoms with E-state index < -0.39 is 0 Å². The lowest BCUT2D eigenvalue weighted by atomic mass is 9.90. The van der Waals surface area contributed by atoms with Gasteiger partial charge >= 0.3 is 0 Å². The van der Waals surface area contributed by atoms with Crippen LogP contribution in [-0.4, -0.2) is 39.1 Å². The minimum absolute atomic E-state index is 0.0121. The van der Waals surface area contributed by atoms with E-state index in [4.69, 9.17) is 16.3 Å². The number of nitrogens with zero attached hydrogens (tertiary/aromatic N) is 3. The lowest BCUT2D eigenvalue weighted by Crippen LogP contribution is -2.34. The van der Waals surface area contributed by atoms with Gasteiger partial charge in [-0.25, -0.2) is 10.0 Å². The van der Waals surface area contributed by atoms with Gasteiger partial charge in [0.25, 0.3) is 0 Å². The Balaban J connectivity index is 1.45. The number of halogens is 1. The average Bonchev–Trinajstić information content (AvgIpc) is 3.76. The molecular weight excluding hydrogens is 542 g/mol. The molecule has 1 aromatic heterocycles. The van der Waals surface area contributed by atoms with Gasteiger partial charge in [-0.2, -0.15) is 4.98 Å². The first-order valence-corrected chi connectivity index (χ1v) is 15.2. The summed E-state index contributed by atoms with van der Waals surface area (Å²) in [4.78, 5) is 9.94. The molecule has 1 saturated carbocycles. The molecule has 9 heteroatoms. The highest BCUT2D eigenvalue weighted by Crippen LogP contribution is 2.41. The molecule has 2 aliphatic rings. The van der Waals surface area contributed by atoms with Gasteiger partial charge in [-0.15, -0.1) is 11.8 Å². The number of para-hydroxylation sites is 1. The van der Waals surface area contributed by atoms with Gasteiger partial charge in [0.15, 0.2) is 5.82 Å².